The Morgan fingerprint density at radius 3 is 2.77 bits per heavy atom. The van der Waals surface area contributed by atoms with E-state index in [1.54, 1.807) is 0 Å². The van der Waals surface area contributed by atoms with E-state index in [2.05, 4.69) is 38.4 Å². The van der Waals surface area contributed by atoms with Gasteiger partial charge in [0, 0.05) is 36.8 Å². The van der Waals surface area contributed by atoms with E-state index in [1.807, 2.05) is 48.8 Å². The number of halogens is 2. The minimum Gasteiger partial charge on any atom is -0.339 e. The minimum absolute atomic E-state index is 0.592. The number of pyridine rings is 2. The van der Waals surface area contributed by atoms with Crippen molar-refractivity contribution in [3.05, 3.63) is 93.7 Å². The molecule has 0 atom stereocenters. The van der Waals surface area contributed by atoms with Crippen LogP contribution in [0.4, 0.5) is 11.5 Å². The van der Waals surface area contributed by atoms with E-state index in [4.69, 9.17) is 23.2 Å². The third-order valence-electron chi connectivity index (χ3n) is 5.47. The van der Waals surface area contributed by atoms with E-state index in [9.17, 15) is 0 Å². The Balaban J connectivity index is 1.35. The molecule has 0 fully saturated rings. The molecule has 0 unspecified atom stereocenters. The van der Waals surface area contributed by atoms with E-state index in [-0.39, 0.29) is 0 Å². The van der Waals surface area contributed by atoms with Gasteiger partial charge >= 0.3 is 0 Å². The van der Waals surface area contributed by atoms with Gasteiger partial charge in [0.2, 0.25) is 0 Å². The molecule has 5 rings (SSSR count). The molecule has 0 bridgehead atoms. The maximum atomic E-state index is 6.17. The lowest BCUT2D eigenvalue weighted by Gasteiger charge is -2.30. The third-order valence-corrected chi connectivity index (χ3v) is 6.21. The summed E-state index contributed by atoms with van der Waals surface area (Å²) in [4.78, 5) is 11.6. The number of nitrogens with zero attached hydrogens (tertiary/aromatic N) is 3. The first-order valence-electron chi connectivity index (χ1n) is 9.90. The smallest absolute Gasteiger partial charge is 0.133 e. The highest BCUT2D eigenvalue weighted by atomic mass is 35.5. The number of rotatable bonds is 4. The molecule has 0 amide bonds. The molecular formula is C24H20Cl2N4. The normalized spacial score (nSPS) is 13.9. The largest absolute Gasteiger partial charge is 0.339 e. The van der Waals surface area contributed by atoms with Gasteiger partial charge in [0.15, 0.2) is 0 Å². The fourth-order valence-corrected chi connectivity index (χ4v) is 4.29. The quantitative estimate of drug-likeness (QED) is 0.412. The van der Waals surface area contributed by atoms with Crippen molar-refractivity contribution < 1.29 is 0 Å². The first-order chi connectivity index (χ1) is 14.7. The van der Waals surface area contributed by atoms with Gasteiger partial charge in [-0.25, -0.2) is 4.98 Å². The van der Waals surface area contributed by atoms with Gasteiger partial charge in [-0.2, -0.15) is 0 Å². The Kier molecular flexibility index (Phi) is 5.30. The Morgan fingerprint density at radius 1 is 0.967 bits per heavy atom. The molecule has 150 valence electrons. The van der Waals surface area contributed by atoms with Gasteiger partial charge in [0.05, 0.1) is 27.4 Å². The van der Waals surface area contributed by atoms with Gasteiger partial charge in [-0.1, -0.05) is 47.5 Å². The first kappa shape index (κ1) is 19.3. The van der Waals surface area contributed by atoms with Crippen LogP contribution in [-0.2, 0) is 19.5 Å². The first-order valence-corrected chi connectivity index (χ1v) is 10.7. The standard InChI is InChI=1S/C24H20Cl2N4/c25-21-6-5-16(11-22(21)26)14-30-10-8-20-18(15-30)7-9-27-24(20)29-19-12-17-3-1-2-4-23(17)28-13-19/h1-7,9,11-13H,8,10,14-15H2,(H,27,29). The van der Waals surface area contributed by atoms with Crippen LogP contribution in [0.1, 0.15) is 16.7 Å². The molecule has 0 saturated carbocycles. The van der Waals surface area contributed by atoms with Crippen LogP contribution in [0.3, 0.4) is 0 Å². The van der Waals surface area contributed by atoms with E-state index >= 15 is 0 Å². The number of hydrogen-bond acceptors (Lipinski definition) is 4. The van der Waals surface area contributed by atoms with Crippen LogP contribution in [0.5, 0.6) is 0 Å². The summed E-state index contributed by atoms with van der Waals surface area (Å²) in [5.74, 6) is 0.916. The number of hydrogen-bond donors (Lipinski definition) is 1. The van der Waals surface area contributed by atoms with Gasteiger partial charge in [-0.15, -0.1) is 0 Å². The van der Waals surface area contributed by atoms with Crippen LogP contribution in [0.15, 0.2) is 67.0 Å². The van der Waals surface area contributed by atoms with Gasteiger partial charge < -0.3 is 5.32 Å². The highest BCUT2D eigenvalue weighted by Gasteiger charge is 2.20. The van der Waals surface area contributed by atoms with E-state index < -0.39 is 0 Å². The Labute approximate surface area is 185 Å². The third kappa shape index (κ3) is 3.99. The number of benzene rings is 2. The van der Waals surface area contributed by atoms with Crippen molar-refractivity contribution in [3.63, 3.8) is 0 Å². The zero-order chi connectivity index (χ0) is 20.5. The monoisotopic (exact) mass is 434 g/mol. The summed E-state index contributed by atoms with van der Waals surface area (Å²) in [6, 6.07) is 18.2. The van der Waals surface area contributed by atoms with Crippen LogP contribution in [0.25, 0.3) is 10.9 Å². The Bertz CT molecular complexity index is 1220. The summed E-state index contributed by atoms with van der Waals surface area (Å²) < 4.78 is 0. The fraction of sp³-hybridized carbons (Fsp3) is 0.167. The van der Waals surface area contributed by atoms with E-state index in [0.717, 1.165) is 48.5 Å². The van der Waals surface area contributed by atoms with Crippen molar-refractivity contribution in [2.45, 2.75) is 19.5 Å². The molecule has 6 heteroatoms. The summed E-state index contributed by atoms with van der Waals surface area (Å²) in [5, 5.41) is 5.78. The molecule has 0 radical (unpaired) electrons. The van der Waals surface area contributed by atoms with Crippen LogP contribution in [-0.4, -0.2) is 21.4 Å². The maximum Gasteiger partial charge on any atom is 0.133 e. The van der Waals surface area contributed by atoms with Gasteiger partial charge in [0.1, 0.15) is 5.82 Å². The number of anilines is 2. The zero-order valence-electron chi connectivity index (χ0n) is 16.3. The molecule has 30 heavy (non-hydrogen) atoms. The molecule has 0 aliphatic carbocycles. The second-order valence-corrected chi connectivity index (χ2v) is 8.36. The molecule has 4 aromatic rings. The molecule has 1 aliphatic rings. The molecule has 1 N–H and O–H groups in total. The average Bonchev–Trinajstić information content (AvgIpc) is 2.76. The summed E-state index contributed by atoms with van der Waals surface area (Å²) in [6.45, 7) is 2.68. The van der Waals surface area contributed by atoms with Crippen molar-refractivity contribution >= 4 is 45.6 Å². The topological polar surface area (TPSA) is 41.1 Å². The highest BCUT2D eigenvalue weighted by molar-refractivity contribution is 6.42. The SMILES string of the molecule is Clc1ccc(CN2CCc3c(ccnc3Nc3cnc4ccccc4c3)C2)cc1Cl. The van der Waals surface area contributed by atoms with Crippen molar-refractivity contribution in [3.8, 4) is 0 Å². The lowest BCUT2D eigenvalue weighted by molar-refractivity contribution is 0.245. The summed E-state index contributed by atoms with van der Waals surface area (Å²) in [7, 11) is 0. The molecule has 0 saturated heterocycles. The number of aromatic nitrogens is 2. The zero-order valence-corrected chi connectivity index (χ0v) is 17.8. The molecule has 1 aliphatic heterocycles. The summed E-state index contributed by atoms with van der Waals surface area (Å²) >= 11 is 12.2. The predicted octanol–water partition coefficient (Wildman–Crippen LogP) is 6.24. The second kappa shape index (κ2) is 8.23. The highest BCUT2D eigenvalue weighted by Crippen LogP contribution is 2.29. The average molecular weight is 435 g/mol. The van der Waals surface area contributed by atoms with Crippen molar-refractivity contribution in [1.29, 1.82) is 0 Å². The van der Waals surface area contributed by atoms with Crippen LogP contribution < -0.4 is 5.32 Å². The van der Waals surface area contributed by atoms with E-state index in [1.165, 1.54) is 16.7 Å². The molecule has 3 heterocycles. The van der Waals surface area contributed by atoms with Gasteiger partial charge in [-0.05, 0) is 47.9 Å². The minimum atomic E-state index is 0.592. The molecule has 2 aromatic heterocycles. The number of fused-ring (bicyclic) bond motifs is 2. The fourth-order valence-electron chi connectivity index (χ4n) is 3.96. The lowest BCUT2D eigenvalue weighted by atomic mass is 10.00. The predicted molar refractivity (Wildman–Crippen MR) is 124 cm³/mol. The Morgan fingerprint density at radius 2 is 1.87 bits per heavy atom. The summed E-state index contributed by atoms with van der Waals surface area (Å²) in [5.41, 5.74) is 5.68. The van der Waals surface area contributed by atoms with Crippen molar-refractivity contribution in [2.75, 3.05) is 11.9 Å². The van der Waals surface area contributed by atoms with E-state index in [0.29, 0.717) is 10.0 Å². The second-order valence-electron chi connectivity index (χ2n) is 7.55. The van der Waals surface area contributed by atoms with Crippen molar-refractivity contribution in [1.82, 2.24) is 14.9 Å². The summed E-state index contributed by atoms with van der Waals surface area (Å²) in [6.07, 6.45) is 4.68. The van der Waals surface area contributed by atoms with Crippen LogP contribution >= 0.6 is 23.2 Å². The number of para-hydroxylation sites is 1. The number of nitrogens with one attached hydrogen (secondary N) is 1. The maximum absolute atomic E-state index is 6.17. The van der Waals surface area contributed by atoms with Gasteiger partial charge in [-0.3, -0.25) is 9.88 Å². The molecule has 4 nitrogen and oxygen atoms in total. The van der Waals surface area contributed by atoms with Crippen LogP contribution in [0, 0.1) is 0 Å². The molecule has 2 aromatic carbocycles. The lowest BCUT2D eigenvalue weighted by Crippen LogP contribution is -2.30. The molecular weight excluding hydrogens is 415 g/mol. The molecule has 0 spiro atoms. The van der Waals surface area contributed by atoms with Crippen LogP contribution in [0.2, 0.25) is 10.0 Å². The van der Waals surface area contributed by atoms with Crippen molar-refractivity contribution in [2.24, 2.45) is 0 Å². The Hall–Kier alpha value is -2.66. The van der Waals surface area contributed by atoms with Gasteiger partial charge in [0.25, 0.3) is 0 Å².